The van der Waals surface area contributed by atoms with Crippen LogP contribution < -0.4 is 16.9 Å². The molecule has 6 heteroatoms. The van der Waals surface area contributed by atoms with E-state index in [0.29, 0.717) is 0 Å². The quantitative estimate of drug-likeness (QED) is 0.346. The molecule has 5 nitrogen and oxygen atoms in total. The van der Waals surface area contributed by atoms with Gasteiger partial charge in [-0.05, 0) is 6.07 Å². The van der Waals surface area contributed by atoms with Crippen molar-refractivity contribution in [3.05, 3.63) is 12.3 Å². The second kappa shape index (κ2) is 2.77. The van der Waals surface area contributed by atoms with Crippen LogP contribution in [0.4, 0.5) is 11.5 Å². The van der Waals surface area contributed by atoms with Gasteiger partial charge in [-0.25, -0.2) is 4.98 Å². The summed E-state index contributed by atoms with van der Waals surface area (Å²) in [6.45, 7) is 0. The van der Waals surface area contributed by atoms with Gasteiger partial charge in [0.15, 0.2) is 0 Å². The van der Waals surface area contributed by atoms with E-state index in [9.17, 15) is 0 Å². The van der Waals surface area contributed by atoms with Crippen LogP contribution in [0.15, 0.2) is 12.3 Å². The third-order valence-electron chi connectivity index (χ3n) is 1.27. The highest BCUT2D eigenvalue weighted by Gasteiger charge is 2.11. The third-order valence-corrected chi connectivity index (χ3v) is 1.27. The number of anilines is 2. The second-order valence-corrected chi connectivity index (χ2v) is 2.12. The maximum Gasteiger partial charge on any atom is 0.490 e. The highest BCUT2D eigenvalue weighted by atomic mass is 16.4. The van der Waals surface area contributed by atoms with Crippen LogP contribution in [-0.4, -0.2) is 22.2 Å². The van der Waals surface area contributed by atoms with Gasteiger partial charge in [-0.3, -0.25) is 0 Å². The fourth-order valence-corrected chi connectivity index (χ4v) is 0.651. The summed E-state index contributed by atoms with van der Waals surface area (Å²) in [6.07, 6.45) is 1.26. The van der Waals surface area contributed by atoms with E-state index in [-0.39, 0.29) is 17.0 Å². The maximum absolute atomic E-state index is 8.66. The highest BCUT2D eigenvalue weighted by Crippen LogP contribution is 2.05. The summed E-state index contributed by atoms with van der Waals surface area (Å²) < 4.78 is 0. The van der Waals surface area contributed by atoms with Crippen molar-refractivity contribution >= 4 is 24.1 Å². The molecule has 1 aromatic heterocycles. The van der Waals surface area contributed by atoms with Crippen LogP contribution in [0.2, 0.25) is 0 Å². The summed E-state index contributed by atoms with van der Waals surface area (Å²) in [5.41, 5.74) is 11.1. The molecule has 0 saturated carbocycles. The molecule has 0 amide bonds. The van der Waals surface area contributed by atoms with Crippen LogP contribution in [0.3, 0.4) is 0 Å². The van der Waals surface area contributed by atoms with Gasteiger partial charge in [-0.15, -0.1) is 0 Å². The number of aromatic nitrogens is 1. The molecule has 0 saturated heterocycles. The van der Waals surface area contributed by atoms with Gasteiger partial charge < -0.3 is 21.5 Å². The van der Waals surface area contributed by atoms with Crippen molar-refractivity contribution in [3.8, 4) is 0 Å². The SMILES string of the molecule is Nc1cc(B(O)O)cnc1N. The topological polar surface area (TPSA) is 105 Å². The summed E-state index contributed by atoms with van der Waals surface area (Å²) in [7, 11) is -1.55. The Kier molecular flexibility index (Phi) is 1.97. The zero-order valence-corrected chi connectivity index (χ0v) is 5.73. The van der Waals surface area contributed by atoms with E-state index in [1.807, 2.05) is 0 Å². The number of hydrogen-bond donors (Lipinski definition) is 4. The molecule has 11 heavy (non-hydrogen) atoms. The lowest BCUT2D eigenvalue weighted by molar-refractivity contribution is 0.425. The molecular weight excluding hydrogens is 145 g/mol. The minimum absolute atomic E-state index is 0.189. The molecular formula is C5H8BN3O2. The Morgan fingerprint density at radius 2 is 2.00 bits per heavy atom. The smallest absolute Gasteiger partial charge is 0.423 e. The predicted octanol–water partition coefficient (Wildman–Crippen LogP) is -2.07. The Balaban J connectivity index is 3.05. The Morgan fingerprint density at radius 1 is 1.36 bits per heavy atom. The van der Waals surface area contributed by atoms with Gasteiger partial charge >= 0.3 is 7.12 Å². The van der Waals surface area contributed by atoms with Crippen molar-refractivity contribution in [3.63, 3.8) is 0 Å². The van der Waals surface area contributed by atoms with Crippen molar-refractivity contribution in [2.75, 3.05) is 11.5 Å². The molecule has 1 aromatic rings. The van der Waals surface area contributed by atoms with Crippen LogP contribution in [0.25, 0.3) is 0 Å². The predicted molar refractivity (Wildman–Crippen MR) is 42.9 cm³/mol. The molecule has 0 bridgehead atoms. The highest BCUT2D eigenvalue weighted by molar-refractivity contribution is 6.58. The first kappa shape index (κ1) is 7.84. The summed E-state index contributed by atoms with van der Waals surface area (Å²) in [5, 5.41) is 17.3. The molecule has 1 heterocycles. The maximum atomic E-state index is 8.66. The molecule has 0 radical (unpaired) electrons. The molecule has 0 spiro atoms. The zero-order chi connectivity index (χ0) is 8.43. The van der Waals surface area contributed by atoms with E-state index < -0.39 is 7.12 Å². The molecule has 6 N–H and O–H groups in total. The Morgan fingerprint density at radius 3 is 2.45 bits per heavy atom. The van der Waals surface area contributed by atoms with E-state index >= 15 is 0 Å². The van der Waals surface area contributed by atoms with Gasteiger partial charge in [0.1, 0.15) is 5.82 Å². The number of nitrogen functional groups attached to an aromatic ring is 2. The molecule has 0 unspecified atom stereocenters. The van der Waals surface area contributed by atoms with Gasteiger partial charge in [0, 0.05) is 11.7 Å². The summed E-state index contributed by atoms with van der Waals surface area (Å²) in [4.78, 5) is 3.63. The van der Waals surface area contributed by atoms with Crippen molar-refractivity contribution in [2.45, 2.75) is 0 Å². The van der Waals surface area contributed by atoms with Gasteiger partial charge in [0.2, 0.25) is 0 Å². The van der Waals surface area contributed by atoms with Gasteiger partial charge in [-0.2, -0.15) is 0 Å². The molecule has 0 aromatic carbocycles. The van der Waals surface area contributed by atoms with Crippen LogP contribution in [0.1, 0.15) is 0 Å². The molecule has 0 aliphatic rings. The van der Waals surface area contributed by atoms with Crippen molar-refractivity contribution < 1.29 is 10.0 Å². The second-order valence-electron chi connectivity index (χ2n) is 2.12. The van der Waals surface area contributed by atoms with Gasteiger partial charge in [0.25, 0.3) is 0 Å². The average molecular weight is 153 g/mol. The van der Waals surface area contributed by atoms with Crippen molar-refractivity contribution in [2.24, 2.45) is 0 Å². The normalized spacial score (nSPS) is 9.64. The molecule has 0 aliphatic heterocycles. The van der Waals surface area contributed by atoms with E-state index in [0.717, 1.165) is 0 Å². The lowest BCUT2D eigenvalue weighted by Crippen LogP contribution is -2.30. The first-order chi connectivity index (χ1) is 5.11. The molecule has 0 fully saturated rings. The number of rotatable bonds is 1. The minimum Gasteiger partial charge on any atom is -0.423 e. The van der Waals surface area contributed by atoms with Crippen LogP contribution >= 0.6 is 0 Å². The number of hydrogen-bond acceptors (Lipinski definition) is 5. The van der Waals surface area contributed by atoms with Gasteiger partial charge in [-0.1, -0.05) is 0 Å². The molecule has 58 valence electrons. The number of nitrogens with two attached hydrogens (primary N) is 2. The largest absolute Gasteiger partial charge is 0.490 e. The molecule has 0 aliphatic carbocycles. The van der Waals surface area contributed by atoms with Crippen molar-refractivity contribution in [1.29, 1.82) is 0 Å². The van der Waals surface area contributed by atoms with E-state index in [4.69, 9.17) is 21.5 Å². The zero-order valence-electron chi connectivity index (χ0n) is 5.73. The Hall–Kier alpha value is -1.27. The summed E-state index contributed by atoms with van der Waals surface area (Å²) in [6, 6.07) is 1.37. The van der Waals surface area contributed by atoms with Crippen LogP contribution in [0, 0.1) is 0 Å². The van der Waals surface area contributed by atoms with E-state index in [1.165, 1.54) is 12.3 Å². The fourth-order valence-electron chi connectivity index (χ4n) is 0.651. The Bertz CT molecular complexity index is 266. The minimum atomic E-state index is -1.55. The Labute approximate surface area is 63.8 Å². The first-order valence-electron chi connectivity index (χ1n) is 2.98. The molecule has 0 atom stereocenters. The molecule has 1 rings (SSSR count). The summed E-state index contributed by atoms with van der Waals surface area (Å²) in [5.74, 6) is 0.189. The van der Waals surface area contributed by atoms with E-state index in [2.05, 4.69) is 4.98 Å². The fraction of sp³-hybridized carbons (Fsp3) is 0. The van der Waals surface area contributed by atoms with Crippen LogP contribution in [-0.2, 0) is 0 Å². The van der Waals surface area contributed by atoms with Crippen molar-refractivity contribution in [1.82, 2.24) is 4.98 Å². The summed E-state index contributed by atoms with van der Waals surface area (Å²) >= 11 is 0. The van der Waals surface area contributed by atoms with Gasteiger partial charge in [0.05, 0.1) is 5.69 Å². The first-order valence-corrected chi connectivity index (χ1v) is 2.98. The standard InChI is InChI=1S/C5H8BN3O2/c7-4-1-3(6(10)11)2-9-5(4)8/h1-2,10-11H,7H2,(H2,8,9). The monoisotopic (exact) mass is 153 g/mol. The van der Waals surface area contributed by atoms with E-state index in [1.54, 1.807) is 0 Å². The lowest BCUT2D eigenvalue weighted by Gasteiger charge is -2.01. The number of nitrogens with zero attached hydrogens (tertiary/aromatic N) is 1. The number of pyridine rings is 1. The average Bonchev–Trinajstić information content (AvgIpc) is 1.94. The van der Waals surface area contributed by atoms with Crippen LogP contribution in [0.5, 0.6) is 0 Å². The lowest BCUT2D eigenvalue weighted by atomic mass is 9.81. The third kappa shape index (κ3) is 1.60.